The maximum atomic E-state index is 17.2. The molecule has 0 radical (unpaired) electrons. The molecule has 256 valence electrons. The van der Waals surface area contributed by atoms with Crippen molar-refractivity contribution >= 4 is 50.9 Å². The van der Waals surface area contributed by atoms with Crippen molar-refractivity contribution in [1.82, 2.24) is 29.5 Å². The van der Waals surface area contributed by atoms with E-state index in [0.29, 0.717) is 63.8 Å². The zero-order chi connectivity index (χ0) is 34.4. The smallest absolute Gasteiger partial charge is 0.226 e. The average molecular weight is 713 g/mol. The van der Waals surface area contributed by atoms with E-state index in [1.807, 2.05) is 23.9 Å². The fourth-order valence-electron chi connectivity index (χ4n) is 8.82. The number of hydrogen-bond donors (Lipinski definition) is 1. The predicted molar refractivity (Wildman–Crippen MR) is 190 cm³/mol. The molecule has 5 fully saturated rings. The number of aromatic nitrogens is 4. The third-order valence-electron chi connectivity index (χ3n) is 11.5. The van der Waals surface area contributed by atoms with Crippen molar-refractivity contribution in [3.05, 3.63) is 75.5 Å². The molecule has 0 spiro atoms. The molecule has 1 amide bonds. The van der Waals surface area contributed by atoms with Crippen molar-refractivity contribution < 1.29 is 13.9 Å². The molecule has 6 heterocycles. The minimum absolute atomic E-state index is 0.0229. The van der Waals surface area contributed by atoms with Gasteiger partial charge in [0.15, 0.2) is 11.6 Å². The zero-order valence-electron chi connectivity index (χ0n) is 27.8. The van der Waals surface area contributed by atoms with Gasteiger partial charge in [-0.1, -0.05) is 35.3 Å². The van der Waals surface area contributed by atoms with Crippen molar-refractivity contribution in [3.8, 4) is 22.9 Å². The van der Waals surface area contributed by atoms with E-state index in [4.69, 9.17) is 32.9 Å². The van der Waals surface area contributed by atoms with E-state index in [9.17, 15) is 10.1 Å². The SMILES string of the molecule is COc1cnn(C2CC(c3cc4c(C)nc5c(F)c(-c6cccc(Cl)c6Cl)c(CCC#N)cc5c4n3C3C4CNC3C4)N(C(=O)C3CC3)C2)c1. The molecule has 3 saturated heterocycles. The molecular formula is C38H36Cl2FN7O2. The monoisotopic (exact) mass is 711 g/mol. The van der Waals surface area contributed by atoms with Gasteiger partial charge in [0.2, 0.25) is 5.91 Å². The first kappa shape index (κ1) is 31.8. The molecule has 2 bridgehead atoms. The fraction of sp³-hybridized carbons (Fsp3) is 0.421. The number of likely N-dealkylation sites (tertiary alicyclic amines) is 1. The lowest BCUT2D eigenvalue weighted by Crippen LogP contribution is -2.41. The third kappa shape index (κ3) is 4.84. The van der Waals surface area contributed by atoms with Gasteiger partial charge in [-0.2, -0.15) is 10.4 Å². The van der Waals surface area contributed by atoms with Crippen LogP contribution in [0.5, 0.6) is 5.75 Å². The van der Waals surface area contributed by atoms with E-state index in [0.717, 1.165) is 42.4 Å². The Balaban J connectivity index is 1.29. The van der Waals surface area contributed by atoms with Crippen LogP contribution >= 0.6 is 23.2 Å². The van der Waals surface area contributed by atoms with Gasteiger partial charge in [-0.3, -0.25) is 9.48 Å². The van der Waals surface area contributed by atoms with E-state index in [-0.39, 0.29) is 53.0 Å². The molecule has 1 N–H and O–H groups in total. The van der Waals surface area contributed by atoms with Crippen LogP contribution in [0, 0.1) is 35.9 Å². The second kappa shape index (κ2) is 12.0. The maximum Gasteiger partial charge on any atom is 0.226 e. The summed E-state index contributed by atoms with van der Waals surface area (Å²) in [6.45, 7) is 3.40. The first-order valence-electron chi connectivity index (χ1n) is 17.4. The van der Waals surface area contributed by atoms with Crippen LogP contribution in [0.3, 0.4) is 0 Å². The molecular weight excluding hydrogens is 676 g/mol. The number of halogens is 3. The van der Waals surface area contributed by atoms with E-state index >= 15 is 4.39 Å². The van der Waals surface area contributed by atoms with Crippen molar-refractivity contribution in [1.29, 1.82) is 5.26 Å². The highest BCUT2D eigenvalue weighted by molar-refractivity contribution is 6.43. The summed E-state index contributed by atoms with van der Waals surface area (Å²) in [5, 5.41) is 20.1. The van der Waals surface area contributed by atoms with E-state index in [2.05, 4.69) is 32.0 Å². The first-order chi connectivity index (χ1) is 24.3. The van der Waals surface area contributed by atoms with Gasteiger partial charge in [-0.25, -0.2) is 9.37 Å². The van der Waals surface area contributed by atoms with Gasteiger partial charge in [0, 0.05) is 64.8 Å². The minimum atomic E-state index is -0.479. The van der Waals surface area contributed by atoms with Gasteiger partial charge < -0.3 is 19.5 Å². The number of nitrogens with one attached hydrogen (secondary N) is 1. The summed E-state index contributed by atoms with van der Waals surface area (Å²) in [5.74, 6) is 0.870. The fourth-order valence-corrected chi connectivity index (χ4v) is 9.21. The van der Waals surface area contributed by atoms with Gasteiger partial charge in [0.25, 0.3) is 0 Å². The topological polar surface area (TPSA) is 101 Å². The predicted octanol–water partition coefficient (Wildman–Crippen LogP) is 7.73. The number of amides is 1. The Bertz CT molecular complexity index is 2240. The number of hydrogen-bond acceptors (Lipinski definition) is 6. The molecule has 50 heavy (non-hydrogen) atoms. The van der Waals surface area contributed by atoms with Crippen molar-refractivity contribution in [3.63, 3.8) is 0 Å². The molecule has 2 aromatic carbocycles. The van der Waals surface area contributed by atoms with Crippen LogP contribution in [0.15, 0.2) is 42.7 Å². The quantitative estimate of drug-likeness (QED) is 0.177. The van der Waals surface area contributed by atoms with Crippen LogP contribution in [0.2, 0.25) is 10.0 Å². The zero-order valence-corrected chi connectivity index (χ0v) is 29.3. The molecule has 9 nitrogen and oxygen atoms in total. The van der Waals surface area contributed by atoms with Crippen LogP contribution in [-0.2, 0) is 11.2 Å². The first-order valence-corrected chi connectivity index (χ1v) is 18.1. The number of nitriles is 1. The second-order valence-corrected chi connectivity index (χ2v) is 15.1. The maximum absolute atomic E-state index is 17.2. The number of fused-ring (bicyclic) bond motifs is 4. The number of carbonyl (C=O) groups is 1. The molecule has 2 saturated carbocycles. The number of methoxy groups -OCH3 is 1. The summed E-state index contributed by atoms with van der Waals surface area (Å²) in [7, 11) is 1.63. The molecule has 12 heteroatoms. The van der Waals surface area contributed by atoms with Crippen molar-refractivity contribution in [2.24, 2.45) is 11.8 Å². The normalized spacial score (nSPS) is 24.2. The number of carbonyl (C=O) groups excluding carboxylic acids is 1. The largest absolute Gasteiger partial charge is 0.493 e. The average Bonchev–Trinajstić information content (AvgIpc) is 3.60. The van der Waals surface area contributed by atoms with Gasteiger partial charge >= 0.3 is 0 Å². The number of ether oxygens (including phenoxy) is 1. The van der Waals surface area contributed by atoms with E-state index in [1.165, 1.54) is 0 Å². The molecule has 5 unspecified atom stereocenters. The highest BCUT2D eigenvalue weighted by Crippen LogP contribution is 2.52. The summed E-state index contributed by atoms with van der Waals surface area (Å²) in [6.07, 6.45) is 7.76. The molecule has 3 aromatic heterocycles. The number of pyridine rings is 1. The Labute approximate surface area is 298 Å². The lowest BCUT2D eigenvalue weighted by Gasteiger charge is -2.39. The van der Waals surface area contributed by atoms with Gasteiger partial charge in [0.05, 0.1) is 59.3 Å². The lowest BCUT2D eigenvalue weighted by atomic mass is 9.79. The van der Waals surface area contributed by atoms with Crippen LogP contribution in [-0.4, -0.2) is 56.4 Å². The summed E-state index contributed by atoms with van der Waals surface area (Å²) in [6, 6.07) is 11.8. The Morgan fingerprint density at radius 3 is 2.74 bits per heavy atom. The number of aryl methyl sites for hydroxylation is 2. The second-order valence-electron chi connectivity index (χ2n) is 14.3. The van der Waals surface area contributed by atoms with Crippen molar-refractivity contribution in [2.45, 2.75) is 69.6 Å². The van der Waals surface area contributed by atoms with Gasteiger partial charge in [0.1, 0.15) is 5.52 Å². The molecule has 2 aliphatic carbocycles. The van der Waals surface area contributed by atoms with E-state index in [1.54, 1.807) is 31.5 Å². The number of benzene rings is 2. The van der Waals surface area contributed by atoms with Crippen LogP contribution in [0.25, 0.3) is 32.9 Å². The standard InChI is InChI=1S/C38H36Cl2FN7O2/c1-19-26-14-31(30-13-23(47-18-24(50-2)16-44-47)17-46(30)38(49)20-8-9-20)48(36-22-12-29(36)43-15-22)37(26)27-11-21(5-4-10-42)32(34(41)35(27)45-19)25-6-3-7-28(39)33(25)40/h3,6-7,11,14,16,18,20,22-23,29-30,36,43H,4-5,8-9,12-13,15,17H2,1-2H3. The molecule has 5 aromatic rings. The van der Waals surface area contributed by atoms with Crippen LogP contribution in [0.4, 0.5) is 4.39 Å². The Hall–Kier alpha value is -4.17. The molecule has 5 atom stereocenters. The van der Waals surface area contributed by atoms with Crippen LogP contribution < -0.4 is 10.1 Å². The number of nitrogens with zero attached hydrogens (tertiary/aromatic N) is 6. The summed E-state index contributed by atoms with van der Waals surface area (Å²) >= 11 is 13.1. The Kier molecular flexibility index (Phi) is 7.61. The Morgan fingerprint density at radius 2 is 2.04 bits per heavy atom. The highest BCUT2D eigenvalue weighted by atomic mass is 35.5. The van der Waals surface area contributed by atoms with Crippen LogP contribution in [0.1, 0.15) is 67.2 Å². The third-order valence-corrected chi connectivity index (χ3v) is 12.3. The van der Waals surface area contributed by atoms with Crippen molar-refractivity contribution in [2.75, 3.05) is 20.2 Å². The lowest BCUT2D eigenvalue weighted by molar-refractivity contribution is -0.133. The molecule has 5 aliphatic rings. The van der Waals surface area contributed by atoms with E-state index < -0.39 is 5.82 Å². The number of rotatable bonds is 8. The Morgan fingerprint density at radius 1 is 1.20 bits per heavy atom. The highest BCUT2D eigenvalue weighted by Gasteiger charge is 2.51. The summed E-state index contributed by atoms with van der Waals surface area (Å²) in [5.41, 5.74) is 4.42. The summed E-state index contributed by atoms with van der Waals surface area (Å²) < 4.78 is 26.9. The van der Waals surface area contributed by atoms with Gasteiger partial charge in [-0.05, 0) is 68.7 Å². The molecule has 10 rings (SSSR count). The summed E-state index contributed by atoms with van der Waals surface area (Å²) in [4.78, 5) is 21.0. The molecule has 3 aliphatic heterocycles. The minimum Gasteiger partial charge on any atom is -0.493 e. The van der Waals surface area contributed by atoms with Gasteiger partial charge in [-0.15, -0.1) is 0 Å².